The van der Waals surface area contributed by atoms with Crippen LogP contribution in [0.15, 0.2) is 0 Å². The van der Waals surface area contributed by atoms with Crippen molar-refractivity contribution in [1.82, 2.24) is 0 Å². The van der Waals surface area contributed by atoms with Crippen LogP contribution in [0.4, 0.5) is 0 Å². The van der Waals surface area contributed by atoms with Crippen LogP contribution in [-0.4, -0.2) is 48.2 Å². The quantitative estimate of drug-likeness (QED) is 0.636. The smallest absolute Gasteiger partial charge is 0.303 e. The summed E-state index contributed by atoms with van der Waals surface area (Å²) in [5.74, 6) is -0.215. The van der Waals surface area contributed by atoms with Crippen LogP contribution in [0.1, 0.15) is 32.1 Å². The summed E-state index contributed by atoms with van der Waals surface area (Å²) in [5, 5.41) is 17.9. The van der Waals surface area contributed by atoms with Crippen LogP contribution >= 0.6 is 0 Å². The van der Waals surface area contributed by atoms with Gasteiger partial charge in [-0.2, -0.15) is 0 Å². The third kappa shape index (κ3) is 3.22. The van der Waals surface area contributed by atoms with Crippen molar-refractivity contribution < 1.29 is 24.5 Å². The van der Waals surface area contributed by atoms with Crippen molar-refractivity contribution in [3.05, 3.63) is 0 Å². The van der Waals surface area contributed by atoms with Gasteiger partial charge in [0.05, 0.1) is 18.8 Å². The highest BCUT2D eigenvalue weighted by Gasteiger charge is 2.48. The monoisotopic (exact) mass is 258 g/mol. The average molecular weight is 258 g/mol. The zero-order valence-electron chi connectivity index (χ0n) is 10.6. The Kier molecular flexibility index (Phi) is 4.97. The molecule has 2 rings (SSSR count). The molecule has 2 fully saturated rings. The predicted molar refractivity (Wildman–Crippen MR) is 64.3 cm³/mol. The Hall–Kier alpha value is -0.650. The molecule has 0 saturated carbocycles. The van der Waals surface area contributed by atoms with E-state index >= 15 is 0 Å². The lowest BCUT2D eigenvalue weighted by Crippen LogP contribution is -2.33. The molecule has 0 aromatic heterocycles. The van der Waals surface area contributed by atoms with Gasteiger partial charge in [0.15, 0.2) is 0 Å². The molecule has 2 aliphatic rings. The van der Waals surface area contributed by atoms with E-state index in [0.29, 0.717) is 25.6 Å². The molecule has 0 spiro atoms. The van der Waals surface area contributed by atoms with Crippen molar-refractivity contribution in [2.45, 2.75) is 44.3 Å². The number of ether oxygens (including phenoxy) is 2. The number of hydrogen-bond acceptors (Lipinski definition) is 4. The standard InChI is InChI=1S/C13H22O5/c14-7-9-10(12-5-4-11(9)18-12)8-17-6-2-1-3-13(15)16/h9-12,14H,1-8H2,(H,15,16). The number of carboxylic acid groups (broad SMARTS) is 1. The summed E-state index contributed by atoms with van der Waals surface area (Å²) in [4.78, 5) is 10.3. The van der Waals surface area contributed by atoms with Crippen LogP contribution in [-0.2, 0) is 14.3 Å². The second-order valence-electron chi connectivity index (χ2n) is 5.23. The van der Waals surface area contributed by atoms with Gasteiger partial charge in [-0.25, -0.2) is 0 Å². The first-order valence-electron chi connectivity index (χ1n) is 6.78. The second kappa shape index (κ2) is 6.50. The fraction of sp³-hybridized carbons (Fsp3) is 0.923. The summed E-state index contributed by atoms with van der Waals surface area (Å²) in [6.45, 7) is 1.40. The van der Waals surface area contributed by atoms with Crippen molar-refractivity contribution in [1.29, 1.82) is 0 Å². The number of rotatable bonds is 8. The van der Waals surface area contributed by atoms with E-state index in [4.69, 9.17) is 14.6 Å². The molecule has 2 bridgehead atoms. The molecule has 0 aromatic carbocycles. The van der Waals surface area contributed by atoms with E-state index in [1.165, 1.54) is 0 Å². The van der Waals surface area contributed by atoms with Crippen LogP contribution in [0.2, 0.25) is 0 Å². The molecule has 18 heavy (non-hydrogen) atoms. The molecule has 2 N–H and O–H groups in total. The maximum absolute atomic E-state index is 10.3. The summed E-state index contributed by atoms with van der Waals surface area (Å²) in [6, 6.07) is 0. The molecule has 5 heteroatoms. The Morgan fingerprint density at radius 3 is 2.61 bits per heavy atom. The summed E-state index contributed by atoms with van der Waals surface area (Å²) in [5.41, 5.74) is 0. The Labute approximate surface area is 107 Å². The first-order chi connectivity index (χ1) is 8.72. The molecule has 4 unspecified atom stereocenters. The highest BCUT2D eigenvalue weighted by molar-refractivity contribution is 5.66. The largest absolute Gasteiger partial charge is 0.481 e. The van der Waals surface area contributed by atoms with Crippen LogP contribution in [0.25, 0.3) is 0 Å². The average Bonchev–Trinajstić information content (AvgIpc) is 2.93. The van der Waals surface area contributed by atoms with Crippen molar-refractivity contribution in [3.63, 3.8) is 0 Å². The Bertz CT molecular complexity index is 281. The van der Waals surface area contributed by atoms with Crippen molar-refractivity contribution in [2.75, 3.05) is 19.8 Å². The normalized spacial score (nSPS) is 34.1. The first kappa shape index (κ1) is 13.8. The highest BCUT2D eigenvalue weighted by Crippen LogP contribution is 2.43. The number of aliphatic carboxylic acids is 1. The number of aliphatic hydroxyl groups is 1. The van der Waals surface area contributed by atoms with Crippen molar-refractivity contribution in [2.24, 2.45) is 11.8 Å². The Balaban J connectivity index is 1.60. The lowest BCUT2D eigenvalue weighted by Gasteiger charge is -2.26. The number of aliphatic hydroxyl groups excluding tert-OH is 1. The van der Waals surface area contributed by atoms with Gasteiger partial charge in [0.2, 0.25) is 0 Å². The molecule has 4 atom stereocenters. The van der Waals surface area contributed by atoms with Gasteiger partial charge in [-0.15, -0.1) is 0 Å². The summed E-state index contributed by atoms with van der Waals surface area (Å²) < 4.78 is 11.4. The number of carboxylic acids is 1. The van der Waals surface area contributed by atoms with Crippen LogP contribution in [0.3, 0.4) is 0 Å². The molecule has 0 aliphatic carbocycles. The Morgan fingerprint density at radius 2 is 1.94 bits per heavy atom. The van der Waals surface area contributed by atoms with Gasteiger partial charge in [-0.1, -0.05) is 0 Å². The molecule has 2 saturated heterocycles. The van der Waals surface area contributed by atoms with Crippen molar-refractivity contribution in [3.8, 4) is 0 Å². The van der Waals surface area contributed by atoms with E-state index in [1.807, 2.05) is 0 Å². The number of unbranched alkanes of at least 4 members (excludes halogenated alkanes) is 1. The van der Waals surface area contributed by atoms with E-state index < -0.39 is 5.97 Å². The van der Waals surface area contributed by atoms with Gasteiger partial charge >= 0.3 is 5.97 Å². The maximum Gasteiger partial charge on any atom is 0.303 e. The second-order valence-corrected chi connectivity index (χ2v) is 5.23. The SMILES string of the molecule is O=C(O)CCCCOCC1C2CCC(O2)C1CO. The summed E-state index contributed by atoms with van der Waals surface area (Å²) in [7, 11) is 0. The van der Waals surface area contributed by atoms with E-state index in [0.717, 1.165) is 19.3 Å². The van der Waals surface area contributed by atoms with Gasteiger partial charge in [-0.3, -0.25) is 4.79 Å². The molecule has 0 amide bonds. The van der Waals surface area contributed by atoms with E-state index in [-0.39, 0.29) is 31.2 Å². The van der Waals surface area contributed by atoms with E-state index in [1.54, 1.807) is 0 Å². The van der Waals surface area contributed by atoms with E-state index in [9.17, 15) is 9.90 Å². The number of hydrogen-bond donors (Lipinski definition) is 2. The summed E-state index contributed by atoms with van der Waals surface area (Å²) in [6.07, 6.45) is 4.26. The molecular formula is C13H22O5. The van der Waals surface area contributed by atoms with E-state index in [2.05, 4.69) is 0 Å². The Morgan fingerprint density at radius 1 is 1.22 bits per heavy atom. The maximum atomic E-state index is 10.3. The minimum atomic E-state index is -0.753. The molecule has 0 radical (unpaired) electrons. The molecular weight excluding hydrogens is 236 g/mol. The molecule has 0 aromatic rings. The third-order valence-corrected chi connectivity index (χ3v) is 4.04. The van der Waals surface area contributed by atoms with Gasteiger partial charge in [-0.05, 0) is 25.7 Å². The molecule has 104 valence electrons. The predicted octanol–water partition coefficient (Wildman–Crippen LogP) is 1.04. The van der Waals surface area contributed by atoms with Gasteiger partial charge in [0, 0.05) is 31.5 Å². The number of fused-ring (bicyclic) bond motifs is 2. The van der Waals surface area contributed by atoms with Gasteiger partial charge in [0.25, 0.3) is 0 Å². The van der Waals surface area contributed by atoms with Crippen LogP contribution in [0.5, 0.6) is 0 Å². The highest BCUT2D eigenvalue weighted by atomic mass is 16.5. The van der Waals surface area contributed by atoms with Crippen LogP contribution < -0.4 is 0 Å². The molecule has 2 heterocycles. The molecule has 5 nitrogen and oxygen atoms in total. The van der Waals surface area contributed by atoms with Crippen molar-refractivity contribution >= 4 is 5.97 Å². The van der Waals surface area contributed by atoms with Gasteiger partial charge in [0.1, 0.15) is 0 Å². The number of carbonyl (C=O) groups is 1. The third-order valence-electron chi connectivity index (χ3n) is 4.04. The van der Waals surface area contributed by atoms with Crippen LogP contribution in [0, 0.1) is 11.8 Å². The zero-order chi connectivity index (χ0) is 13.0. The topological polar surface area (TPSA) is 76.0 Å². The van der Waals surface area contributed by atoms with Gasteiger partial charge < -0.3 is 19.7 Å². The summed E-state index contributed by atoms with van der Waals surface area (Å²) >= 11 is 0. The minimum Gasteiger partial charge on any atom is -0.481 e. The molecule has 2 aliphatic heterocycles. The zero-order valence-corrected chi connectivity index (χ0v) is 10.6. The lowest BCUT2D eigenvalue weighted by atomic mass is 9.80. The fourth-order valence-corrected chi connectivity index (χ4v) is 3.05. The minimum absolute atomic E-state index is 0.175. The first-order valence-corrected chi connectivity index (χ1v) is 6.78. The fourth-order valence-electron chi connectivity index (χ4n) is 3.05. The lowest BCUT2D eigenvalue weighted by molar-refractivity contribution is -0.137.